The topological polar surface area (TPSA) is 35.5 Å². The predicted octanol–water partition coefficient (Wildman–Crippen LogP) is 1.86. The van der Waals surface area contributed by atoms with Crippen molar-refractivity contribution in [1.82, 2.24) is 10.2 Å². The number of nitrogens with one attached hydrogen (secondary N) is 1. The van der Waals surface area contributed by atoms with Crippen molar-refractivity contribution in [1.29, 1.82) is 0 Å². The second kappa shape index (κ2) is 8.06. The van der Waals surface area contributed by atoms with Crippen LogP contribution in [0.3, 0.4) is 0 Å². The van der Waals surface area contributed by atoms with Gasteiger partial charge in [0.05, 0.1) is 6.10 Å². The maximum absolute atomic E-state index is 10.1. The Morgan fingerprint density at radius 3 is 2.59 bits per heavy atom. The lowest BCUT2D eigenvalue weighted by Gasteiger charge is -2.24. The van der Waals surface area contributed by atoms with Gasteiger partial charge >= 0.3 is 0 Å². The van der Waals surface area contributed by atoms with E-state index >= 15 is 0 Å². The van der Waals surface area contributed by atoms with Gasteiger partial charge in [-0.05, 0) is 45.3 Å². The maximum Gasteiger partial charge on any atom is 0.0692 e. The van der Waals surface area contributed by atoms with Gasteiger partial charge < -0.3 is 15.3 Å². The first-order chi connectivity index (χ1) is 8.17. The zero-order valence-corrected chi connectivity index (χ0v) is 11.8. The molecule has 2 atom stereocenters. The summed E-state index contributed by atoms with van der Waals surface area (Å²) in [7, 11) is 2.20. The van der Waals surface area contributed by atoms with Crippen LogP contribution in [0, 0.1) is 5.92 Å². The predicted molar refractivity (Wildman–Crippen MR) is 73.2 cm³/mol. The minimum absolute atomic E-state index is 0.175. The molecule has 1 saturated heterocycles. The fraction of sp³-hybridized carbons (Fsp3) is 1.00. The monoisotopic (exact) mass is 242 g/mol. The van der Waals surface area contributed by atoms with Crippen LogP contribution in [0.4, 0.5) is 0 Å². The van der Waals surface area contributed by atoms with E-state index in [1.807, 2.05) is 0 Å². The molecule has 0 spiro atoms. The van der Waals surface area contributed by atoms with Crippen molar-refractivity contribution >= 4 is 0 Å². The summed E-state index contributed by atoms with van der Waals surface area (Å²) < 4.78 is 0. The molecule has 17 heavy (non-hydrogen) atoms. The van der Waals surface area contributed by atoms with Gasteiger partial charge in [0.1, 0.15) is 0 Å². The van der Waals surface area contributed by atoms with E-state index in [0.717, 1.165) is 19.4 Å². The summed E-state index contributed by atoms with van der Waals surface area (Å²) in [4.78, 5) is 2.40. The van der Waals surface area contributed by atoms with E-state index in [1.54, 1.807) is 0 Å². The molecular weight excluding hydrogens is 212 g/mol. The number of hydrogen-bond acceptors (Lipinski definition) is 3. The Balaban J connectivity index is 2.24. The summed E-state index contributed by atoms with van der Waals surface area (Å²) in [6, 6.07) is 0.601. The lowest BCUT2D eigenvalue weighted by Crippen LogP contribution is -2.39. The van der Waals surface area contributed by atoms with Crippen LogP contribution in [0.15, 0.2) is 0 Å². The third-order valence-electron chi connectivity index (χ3n) is 4.16. The molecule has 1 rings (SSSR count). The highest BCUT2D eigenvalue weighted by Crippen LogP contribution is 2.14. The van der Waals surface area contributed by atoms with Crippen LogP contribution in [0.2, 0.25) is 0 Å². The molecule has 2 unspecified atom stereocenters. The van der Waals surface area contributed by atoms with Gasteiger partial charge in [0.2, 0.25) is 0 Å². The lowest BCUT2D eigenvalue weighted by atomic mass is 9.96. The second-order valence-corrected chi connectivity index (χ2v) is 5.48. The molecule has 1 fully saturated rings. The van der Waals surface area contributed by atoms with E-state index in [-0.39, 0.29) is 6.10 Å². The Labute approximate surface area is 107 Å². The van der Waals surface area contributed by atoms with E-state index in [1.165, 1.54) is 32.4 Å². The fourth-order valence-electron chi connectivity index (χ4n) is 2.73. The van der Waals surface area contributed by atoms with Crippen LogP contribution in [-0.2, 0) is 0 Å². The van der Waals surface area contributed by atoms with Crippen molar-refractivity contribution in [3.8, 4) is 0 Å². The molecule has 1 heterocycles. The number of aliphatic hydroxyl groups is 1. The third-order valence-corrected chi connectivity index (χ3v) is 4.16. The van der Waals surface area contributed by atoms with E-state index in [2.05, 4.69) is 31.1 Å². The summed E-state index contributed by atoms with van der Waals surface area (Å²) >= 11 is 0. The smallest absolute Gasteiger partial charge is 0.0692 e. The molecule has 1 aliphatic rings. The molecule has 0 amide bonds. The summed E-state index contributed by atoms with van der Waals surface area (Å²) in [5, 5.41) is 13.6. The Morgan fingerprint density at radius 2 is 1.94 bits per heavy atom. The molecule has 0 aromatic heterocycles. The van der Waals surface area contributed by atoms with Crippen molar-refractivity contribution in [2.45, 2.75) is 58.1 Å². The molecule has 0 bridgehead atoms. The van der Waals surface area contributed by atoms with E-state index < -0.39 is 0 Å². The van der Waals surface area contributed by atoms with E-state index in [0.29, 0.717) is 12.0 Å². The molecule has 0 aromatic rings. The Hall–Kier alpha value is -0.120. The SMILES string of the molecule is CCC(CC)C(O)CNC1CCCN(C)CC1. The number of aliphatic hydroxyl groups excluding tert-OH is 1. The molecule has 0 aromatic carbocycles. The largest absolute Gasteiger partial charge is 0.392 e. The maximum atomic E-state index is 10.1. The Bertz CT molecular complexity index is 195. The Kier molecular flexibility index (Phi) is 7.09. The lowest BCUT2D eigenvalue weighted by molar-refractivity contribution is 0.0976. The first-order valence-electron chi connectivity index (χ1n) is 7.27. The van der Waals surface area contributed by atoms with E-state index in [9.17, 15) is 5.11 Å². The molecule has 2 N–H and O–H groups in total. The average Bonchev–Trinajstić information content (AvgIpc) is 2.53. The molecule has 0 aliphatic carbocycles. The number of likely N-dealkylation sites (tertiary alicyclic amines) is 1. The number of hydrogen-bond donors (Lipinski definition) is 2. The zero-order valence-electron chi connectivity index (χ0n) is 11.8. The summed E-state index contributed by atoms with van der Waals surface area (Å²) in [5.41, 5.74) is 0. The quantitative estimate of drug-likeness (QED) is 0.746. The van der Waals surface area contributed by atoms with Gasteiger partial charge in [-0.3, -0.25) is 0 Å². The van der Waals surface area contributed by atoms with Crippen LogP contribution in [0.1, 0.15) is 46.0 Å². The van der Waals surface area contributed by atoms with Crippen LogP contribution in [0.25, 0.3) is 0 Å². The third kappa shape index (κ3) is 5.36. The first-order valence-corrected chi connectivity index (χ1v) is 7.27. The van der Waals surface area contributed by atoms with Crippen molar-refractivity contribution < 1.29 is 5.11 Å². The summed E-state index contributed by atoms with van der Waals surface area (Å²) in [6.07, 6.45) is 5.71. The van der Waals surface area contributed by atoms with Gasteiger partial charge in [-0.25, -0.2) is 0 Å². The highest BCUT2D eigenvalue weighted by molar-refractivity contribution is 4.76. The van der Waals surface area contributed by atoms with Crippen molar-refractivity contribution in [2.75, 3.05) is 26.7 Å². The minimum Gasteiger partial charge on any atom is -0.392 e. The molecule has 102 valence electrons. The van der Waals surface area contributed by atoms with Crippen LogP contribution < -0.4 is 5.32 Å². The molecule has 3 nitrogen and oxygen atoms in total. The number of nitrogens with zero attached hydrogens (tertiary/aromatic N) is 1. The van der Waals surface area contributed by atoms with Crippen molar-refractivity contribution in [3.05, 3.63) is 0 Å². The van der Waals surface area contributed by atoms with Gasteiger partial charge in [0.25, 0.3) is 0 Å². The van der Waals surface area contributed by atoms with Gasteiger partial charge in [-0.2, -0.15) is 0 Å². The second-order valence-electron chi connectivity index (χ2n) is 5.48. The van der Waals surface area contributed by atoms with Gasteiger partial charge in [-0.15, -0.1) is 0 Å². The van der Waals surface area contributed by atoms with E-state index in [4.69, 9.17) is 0 Å². The van der Waals surface area contributed by atoms with Gasteiger partial charge in [0.15, 0.2) is 0 Å². The zero-order chi connectivity index (χ0) is 12.7. The fourth-order valence-corrected chi connectivity index (χ4v) is 2.73. The first kappa shape index (κ1) is 14.9. The van der Waals surface area contributed by atoms with Crippen LogP contribution in [-0.4, -0.2) is 48.8 Å². The standard InChI is InChI=1S/C14H30N2O/c1-4-12(5-2)14(17)11-15-13-7-6-9-16(3)10-8-13/h12-15,17H,4-11H2,1-3H3. The summed E-state index contributed by atoms with van der Waals surface area (Å²) in [6.45, 7) is 7.49. The minimum atomic E-state index is -0.175. The highest BCUT2D eigenvalue weighted by atomic mass is 16.3. The average molecular weight is 242 g/mol. The van der Waals surface area contributed by atoms with Crippen molar-refractivity contribution in [2.24, 2.45) is 5.92 Å². The number of rotatable bonds is 6. The molecule has 0 radical (unpaired) electrons. The van der Waals surface area contributed by atoms with Crippen LogP contribution >= 0.6 is 0 Å². The van der Waals surface area contributed by atoms with Gasteiger partial charge in [-0.1, -0.05) is 26.7 Å². The summed E-state index contributed by atoms with van der Waals surface area (Å²) in [5.74, 6) is 0.455. The molecule has 0 saturated carbocycles. The molecular formula is C14H30N2O. The molecule has 1 aliphatic heterocycles. The van der Waals surface area contributed by atoms with Gasteiger partial charge in [0, 0.05) is 12.6 Å². The highest BCUT2D eigenvalue weighted by Gasteiger charge is 2.18. The normalized spacial score (nSPS) is 24.9. The van der Waals surface area contributed by atoms with Crippen LogP contribution in [0.5, 0.6) is 0 Å². The Morgan fingerprint density at radius 1 is 1.24 bits per heavy atom. The molecule has 3 heteroatoms. The van der Waals surface area contributed by atoms with Crippen molar-refractivity contribution in [3.63, 3.8) is 0 Å².